The number of piperazine rings is 1. The lowest BCUT2D eigenvalue weighted by atomic mass is 10.2. The molecule has 0 spiro atoms. The van der Waals surface area contributed by atoms with Crippen LogP contribution in [0.4, 0.5) is 5.69 Å². The molecule has 1 saturated heterocycles. The Morgan fingerprint density at radius 1 is 0.919 bits per heavy atom. The highest BCUT2D eigenvalue weighted by Crippen LogP contribution is 2.27. The lowest BCUT2D eigenvalue weighted by Gasteiger charge is -2.36. The predicted molar refractivity (Wildman–Crippen MR) is 153 cm³/mol. The molecule has 0 radical (unpaired) electrons. The highest BCUT2D eigenvalue weighted by atomic mass is 35.5. The molecule has 0 bridgehead atoms. The molecular weight excluding hydrogens is 527 g/mol. The van der Waals surface area contributed by atoms with Crippen LogP contribution in [0.3, 0.4) is 0 Å². The maximum absolute atomic E-state index is 13.4. The molecule has 190 valence electrons. The third-order valence-corrected chi connectivity index (χ3v) is 7.98. The van der Waals surface area contributed by atoms with Gasteiger partial charge < -0.3 is 9.80 Å². The van der Waals surface area contributed by atoms with E-state index in [0.29, 0.717) is 58.5 Å². The van der Waals surface area contributed by atoms with Crippen LogP contribution in [0.2, 0.25) is 10.0 Å². The molecule has 2 heterocycles. The van der Waals surface area contributed by atoms with Crippen LogP contribution in [0.1, 0.15) is 12.8 Å². The van der Waals surface area contributed by atoms with E-state index in [1.165, 1.54) is 11.8 Å². The Bertz CT molecular complexity index is 1480. The second-order valence-corrected chi connectivity index (χ2v) is 10.7. The summed E-state index contributed by atoms with van der Waals surface area (Å²) in [4.78, 5) is 35.1. The number of hydrogen-bond acceptors (Lipinski definition) is 5. The number of halogens is 2. The SMILES string of the molecule is O=C(CCCSc1nc2ccccc2c(=O)n1-c1cccc(Cl)c1)N1CCN(c2ccccc2Cl)CC1. The number of aromatic nitrogens is 2. The normalized spacial score (nSPS) is 13.8. The largest absolute Gasteiger partial charge is 0.367 e. The van der Waals surface area contributed by atoms with Gasteiger partial charge in [-0.3, -0.25) is 14.2 Å². The Labute approximate surface area is 229 Å². The van der Waals surface area contributed by atoms with Gasteiger partial charge in [0.25, 0.3) is 5.56 Å². The van der Waals surface area contributed by atoms with Crippen LogP contribution in [0.5, 0.6) is 0 Å². The highest BCUT2D eigenvalue weighted by Gasteiger charge is 2.22. The number of thioether (sulfide) groups is 1. The van der Waals surface area contributed by atoms with Crippen molar-refractivity contribution in [3.63, 3.8) is 0 Å². The minimum Gasteiger partial charge on any atom is -0.367 e. The molecule has 0 atom stereocenters. The van der Waals surface area contributed by atoms with E-state index in [4.69, 9.17) is 28.2 Å². The van der Waals surface area contributed by atoms with E-state index in [9.17, 15) is 9.59 Å². The first-order chi connectivity index (χ1) is 18.0. The molecule has 1 aliphatic rings. The van der Waals surface area contributed by atoms with Gasteiger partial charge in [0.1, 0.15) is 0 Å². The van der Waals surface area contributed by atoms with Crippen LogP contribution in [0.15, 0.2) is 82.7 Å². The molecule has 3 aromatic carbocycles. The first-order valence-electron chi connectivity index (χ1n) is 12.2. The van der Waals surface area contributed by atoms with Gasteiger partial charge >= 0.3 is 0 Å². The van der Waals surface area contributed by atoms with Crippen molar-refractivity contribution in [2.24, 2.45) is 0 Å². The van der Waals surface area contributed by atoms with Crippen LogP contribution in [0, 0.1) is 0 Å². The Morgan fingerprint density at radius 3 is 2.46 bits per heavy atom. The molecule has 6 nitrogen and oxygen atoms in total. The first-order valence-corrected chi connectivity index (χ1v) is 13.9. The number of para-hydroxylation sites is 2. The zero-order valence-corrected chi connectivity index (χ0v) is 22.5. The van der Waals surface area contributed by atoms with Gasteiger partial charge in [0.15, 0.2) is 5.16 Å². The lowest BCUT2D eigenvalue weighted by molar-refractivity contribution is -0.131. The van der Waals surface area contributed by atoms with Crippen molar-refractivity contribution in [3.05, 3.63) is 93.2 Å². The summed E-state index contributed by atoms with van der Waals surface area (Å²) in [6.07, 6.45) is 1.14. The van der Waals surface area contributed by atoms with Gasteiger partial charge in [-0.05, 0) is 48.9 Å². The maximum atomic E-state index is 13.4. The maximum Gasteiger partial charge on any atom is 0.266 e. The number of fused-ring (bicyclic) bond motifs is 1. The van der Waals surface area contributed by atoms with Gasteiger partial charge in [-0.15, -0.1) is 0 Å². The predicted octanol–water partition coefficient (Wildman–Crippen LogP) is 5.91. The molecule has 5 rings (SSSR count). The fourth-order valence-electron chi connectivity index (χ4n) is 4.50. The second kappa shape index (κ2) is 11.6. The summed E-state index contributed by atoms with van der Waals surface area (Å²) in [6, 6.07) is 22.3. The molecule has 0 N–H and O–H groups in total. The summed E-state index contributed by atoms with van der Waals surface area (Å²) in [5, 5.41) is 2.43. The van der Waals surface area contributed by atoms with Crippen molar-refractivity contribution in [1.82, 2.24) is 14.5 Å². The van der Waals surface area contributed by atoms with Gasteiger partial charge in [0, 0.05) is 43.4 Å². The fourth-order valence-corrected chi connectivity index (χ4v) is 5.89. The number of rotatable bonds is 7. The van der Waals surface area contributed by atoms with E-state index in [-0.39, 0.29) is 11.5 Å². The van der Waals surface area contributed by atoms with Crippen molar-refractivity contribution in [3.8, 4) is 5.69 Å². The van der Waals surface area contributed by atoms with E-state index in [2.05, 4.69) is 4.90 Å². The van der Waals surface area contributed by atoms with Crippen molar-refractivity contribution < 1.29 is 4.79 Å². The van der Waals surface area contributed by atoms with Crippen LogP contribution >= 0.6 is 35.0 Å². The number of carbonyl (C=O) groups is 1. The standard InChI is InChI=1S/C28H26Cl2N4O2S/c29-20-7-5-8-21(19-20)34-27(36)22-9-1-3-11-24(22)31-28(34)37-18-6-13-26(35)33-16-14-32(15-17-33)25-12-4-2-10-23(25)30/h1-5,7-12,19H,6,13-18H2. The minimum atomic E-state index is -0.136. The summed E-state index contributed by atoms with van der Waals surface area (Å²) in [6.45, 7) is 2.88. The van der Waals surface area contributed by atoms with Crippen LogP contribution in [-0.4, -0.2) is 52.3 Å². The first kappa shape index (κ1) is 25.6. The molecule has 0 saturated carbocycles. The van der Waals surface area contributed by atoms with E-state index in [1.807, 2.05) is 59.5 Å². The Balaban J connectivity index is 1.22. The monoisotopic (exact) mass is 552 g/mol. The van der Waals surface area contributed by atoms with Crippen molar-refractivity contribution in [1.29, 1.82) is 0 Å². The van der Waals surface area contributed by atoms with Gasteiger partial charge in [0.05, 0.1) is 27.3 Å². The highest BCUT2D eigenvalue weighted by molar-refractivity contribution is 7.99. The summed E-state index contributed by atoms with van der Waals surface area (Å²) in [7, 11) is 0. The summed E-state index contributed by atoms with van der Waals surface area (Å²) in [5.41, 5.74) is 2.20. The summed E-state index contributed by atoms with van der Waals surface area (Å²) < 4.78 is 1.61. The average Bonchev–Trinajstić information content (AvgIpc) is 2.91. The van der Waals surface area contributed by atoms with E-state index in [0.717, 1.165) is 23.8 Å². The van der Waals surface area contributed by atoms with Crippen LogP contribution in [-0.2, 0) is 4.79 Å². The number of benzene rings is 3. The third kappa shape index (κ3) is 5.79. The van der Waals surface area contributed by atoms with Crippen molar-refractivity contribution in [2.75, 3.05) is 36.8 Å². The quantitative estimate of drug-likeness (QED) is 0.162. The molecular formula is C28H26Cl2N4O2S. The molecule has 1 aliphatic heterocycles. The molecule has 1 amide bonds. The summed E-state index contributed by atoms with van der Waals surface area (Å²) >= 11 is 14.0. The van der Waals surface area contributed by atoms with E-state index in [1.54, 1.807) is 22.8 Å². The topological polar surface area (TPSA) is 58.4 Å². The Morgan fingerprint density at radius 2 is 1.68 bits per heavy atom. The van der Waals surface area contributed by atoms with Crippen molar-refractivity contribution in [2.45, 2.75) is 18.0 Å². The molecule has 0 aliphatic carbocycles. The van der Waals surface area contributed by atoms with E-state index >= 15 is 0 Å². The zero-order chi connectivity index (χ0) is 25.8. The third-order valence-electron chi connectivity index (χ3n) is 6.40. The molecule has 0 unspecified atom stereocenters. The number of amides is 1. The number of nitrogens with zero attached hydrogens (tertiary/aromatic N) is 4. The number of hydrogen-bond donors (Lipinski definition) is 0. The molecule has 4 aromatic rings. The smallest absolute Gasteiger partial charge is 0.266 e. The number of carbonyl (C=O) groups excluding carboxylic acids is 1. The van der Waals surface area contributed by atoms with Gasteiger partial charge in [-0.25, -0.2) is 4.98 Å². The average molecular weight is 554 g/mol. The van der Waals surface area contributed by atoms with Gasteiger partial charge in [-0.1, -0.05) is 65.3 Å². The lowest BCUT2D eigenvalue weighted by Crippen LogP contribution is -2.48. The Kier molecular flexibility index (Phi) is 8.03. The summed E-state index contributed by atoms with van der Waals surface area (Å²) in [5.74, 6) is 0.814. The van der Waals surface area contributed by atoms with Crippen molar-refractivity contribution >= 4 is 57.5 Å². The Hall–Kier alpha value is -3.00. The van der Waals surface area contributed by atoms with Crippen LogP contribution in [0.25, 0.3) is 16.6 Å². The molecule has 37 heavy (non-hydrogen) atoms. The van der Waals surface area contributed by atoms with E-state index < -0.39 is 0 Å². The molecule has 1 aromatic heterocycles. The molecule has 1 fully saturated rings. The second-order valence-electron chi connectivity index (χ2n) is 8.80. The zero-order valence-electron chi connectivity index (χ0n) is 20.1. The minimum absolute atomic E-state index is 0.136. The molecule has 9 heteroatoms. The van der Waals surface area contributed by atoms with Gasteiger partial charge in [0.2, 0.25) is 5.91 Å². The number of anilines is 1. The van der Waals surface area contributed by atoms with Gasteiger partial charge in [-0.2, -0.15) is 0 Å². The fraction of sp³-hybridized carbons (Fsp3) is 0.250. The van der Waals surface area contributed by atoms with Crippen LogP contribution < -0.4 is 10.5 Å².